The zero-order valence-corrected chi connectivity index (χ0v) is 6.18. The van der Waals surface area contributed by atoms with E-state index in [9.17, 15) is 0 Å². The molecule has 0 aliphatic rings. The van der Waals surface area contributed by atoms with Crippen LogP contribution in [0.25, 0.3) is 4.85 Å². The number of aryl methyl sites for hydroxylation is 1. The van der Waals surface area contributed by atoms with Gasteiger partial charge in [-0.15, -0.1) is 0 Å². The molecule has 0 bridgehead atoms. The minimum Gasteiger partial charge on any atom is -0.256 e. The van der Waals surface area contributed by atoms with Gasteiger partial charge in [0, 0.05) is 6.20 Å². The smallest absolute Gasteiger partial charge is 0.205 e. The van der Waals surface area contributed by atoms with Crippen molar-refractivity contribution in [2.45, 2.75) is 6.92 Å². The van der Waals surface area contributed by atoms with E-state index in [4.69, 9.17) is 18.2 Å². The molecule has 3 heteroatoms. The maximum atomic E-state index is 6.65. The maximum absolute atomic E-state index is 6.65. The van der Waals surface area contributed by atoms with Crippen LogP contribution in [-0.4, -0.2) is 4.98 Å². The lowest BCUT2D eigenvalue weighted by atomic mass is 10.3. The highest BCUT2D eigenvalue weighted by atomic mass is 35.5. The van der Waals surface area contributed by atoms with Gasteiger partial charge in [-0.25, -0.2) is 4.85 Å². The number of hydrogen-bond acceptors (Lipinski definition) is 1. The summed E-state index contributed by atoms with van der Waals surface area (Å²) in [5.74, 6) is 0. The standard InChI is InChI=1S/C7H5ClN2/c1-5-3-6(9-2)4-10-7(5)8/h3-4H,1H3. The summed E-state index contributed by atoms with van der Waals surface area (Å²) in [4.78, 5) is 7.00. The van der Waals surface area contributed by atoms with Crippen LogP contribution < -0.4 is 0 Å². The first-order valence-electron chi connectivity index (χ1n) is 2.73. The number of rotatable bonds is 0. The summed E-state index contributed by atoms with van der Waals surface area (Å²) in [6.45, 7) is 8.48. The van der Waals surface area contributed by atoms with Crippen molar-refractivity contribution in [2.24, 2.45) is 0 Å². The van der Waals surface area contributed by atoms with Crippen molar-refractivity contribution in [2.75, 3.05) is 0 Å². The molecule has 0 spiro atoms. The molecule has 1 heterocycles. The first-order chi connectivity index (χ1) is 4.74. The Labute approximate surface area is 64.3 Å². The highest BCUT2D eigenvalue weighted by Gasteiger charge is 1.96. The minimum atomic E-state index is 0.465. The van der Waals surface area contributed by atoms with Crippen LogP contribution >= 0.6 is 11.6 Å². The van der Waals surface area contributed by atoms with Crippen molar-refractivity contribution in [3.05, 3.63) is 34.4 Å². The van der Waals surface area contributed by atoms with Crippen LogP contribution in [0.2, 0.25) is 5.15 Å². The molecule has 2 nitrogen and oxygen atoms in total. The van der Waals surface area contributed by atoms with Crippen molar-refractivity contribution in [3.8, 4) is 0 Å². The third kappa shape index (κ3) is 1.26. The fraction of sp³-hybridized carbons (Fsp3) is 0.143. The van der Waals surface area contributed by atoms with Gasteiger partial charge in [-0.2, -0.15) is 0 Å². The number of nitrogens with zero attached hydrogens (tertiary/aromatic N) is 2. The first-order valence-corrected chi connectivity index (χ1v) is 3.11. The molecular weight excluding hydrogens is 148 g/mol. The Morgan fingerprint density at radius 3 is 2.90 bits per heavy atom. The van der Waals surface area contributed by atoms with Crippen LogP contribution in [0, 0.1) is 13.5 Å². The third-order valence-corrected chi connectivity index (χ3v) is 1.52. The predicted octanol–water partition coefficient (Wildman–Crippen LogP) is 2.59. The SMILES string of the molecule is [C-]#[N+]c1cnc(Cl)c(C)c1. The quantitative estimate of drug-likeness (QED) is 0.413. The summed E-state index contributed by atoms with van der Waals surface area (Å²) in [5.41, 5.74) is 1.37. The van der Waals surface area contributed by atoms with Gasteiger partial charge in [0.05, 0.1) is 6.57 Å². The molecule has 0 saturated carbocycles. The predicted molar refractivity (Wildman–Crippen MR) is 40.2 cm³/mol. The number of pyridine rings is 1. The largest absolute Gasteiger partial charge is 0.256 e. The van der Waals surface area contributed by atoms with Gasteiger partial charge in [0.2, 0.25) is 5.69 Å². The molecule has 0 aliphatic carbocycles. The Hall–Kier alpha value is -1.07. The Morgan fingerprint density at radius 2 is 2.40 bits per heavy atom. The van der Waals surface area contributed by atoms with Gasteiger partial charge in [-0.1, -0.05) is 11.6 Å². The number of halogens is 1. The molecule has 0 aromatic carbocycles. The molecule has 1 aromatic heterocycles. The lowest BCUT2D eigenvalue weighted by molar-refractivity contribution is 1.28. The van der Waals surface area contributed by atoms with Crippen LogP contribution in [0.15, 0.2) is 12.3 Å². The van der Waals surface area contributed by atoms with Crippen molar-refractivity contribution in [1.82, 2.24) is 4.98 Å². The Bertz CT molecular complexity index is 288. The van der Waals surface area contributed by atoms with Crippen molar-refractivity contribution >= 4 is 17.3 Å². The molecule has 0 unspecified atom stereocenters. The van der Waals surface area contributed by atoms with Crippen LogP contribution in [0.1, 0.15) is 5.56 Å². The summed E-state index contributed by atoms with van der Waals surface area (Å²) in [7, 11) is 0. The van der Waals surface area contributed by atoms with Gasteiger partial charge in [-0.05, 0) is 18.6 Å². The highest BCUT2D eigenvalue weighted by molar-refractivity contribution is 6.30. The van der Waals surface area contributed by atoms with Crippen molar-refractivity contribution < 1.29 is 0 Å². The topological polar surface area (TPSA) is 17.2 Å². The van der Waals surface area contributed by atoms with E-state index in [1.807, 2.05) is 6.92 Å². The fourth-order valence-electron chi connectivity index (χ4n) is 0.604. The highest BCUT2D eigenvalue weighted by Crippen LogP contribution is 2.17. The summed E-state index contributed by atoms with van der Waals surface area (Å²) in [5, 5.41) is 0.465. The van der Waals surface area contributed by atoms with Crippen LogP contribution in [0.3, 0.4) is 0 Å². The van der Waals surface area contributed by atoms with Crippen LogP contribution in [0.5, 0.6) is 0 Å². The van der Waals surface area contributed by atoms with Gasteiger partial charge < -0.3 is 0 Å². The van der Waals surface area contributed by atoms with Crippen LogP contribution in [0.4, 0.5) is 5.69 Å². The molecule has 50 valence electrons. The molecule has 0 amide bonds. The zero-order chi connectivity index (χ0) is 7.56. The lowest BCUT2D eigenvalue weighted by Gasteiger charge is -1.94. The first kappa shape index (κ1) is 7.04. The van der Waals surface area contributed by atoms with Crippen molar-refractivity contribution in [3.63, 3.8) is 0 Å². The zero-order valence-electron chi connectivity index (χ0n) is 5.43. The minimum absolute atomic E-state index is 0.465. The fourth-order valence-corrected chi connectivity index (χ4v) is 0.708. The van der Waals surface area contributed by atoms with E-state index in [1.165, 1.54) is 6.20 Å². The number of aromatic nitrogens is 1. The van der Waals surface area contributed by atoms with E-state index >= 15 is 0 Å². The average molecular weight is 153 g/mol. The summed E-state index contributed by atoms with van der Waals surface area (Å²) < 4.78 is 0. The summed E-state index contributed by atoms with van der Waals surface area (Å²) in [6, 6.07) is 1.71. The van der Waals surface area contributed by atoms with Gasteiger partial charge in [0.1, 0.15) is 5.15 Å². The Balaban J connectivity index is 3.20. The molecule has 1 rings (SSSR count). The Morgan fingerprint density at radius 1 is 1.70 bits per heavy atom. The Kier molecular flexibility index (Phi) is 1.88. The van der Waals surface area contributed by atoms with Gasteiger partial charge in [0.25, 0.3) is 0 Å². The van der Waals surface area contributed by atoms with E-state index in [-0.39, 0.29) is 0 Å². The van der Waals surface area contributed by atoms with Gasteiger partial charge in [0.15, 0.2) is 0 Å². The molecular formula is C7H5ClN2. The average Bonchev–Trinajstić information content (AvgIpc) is 1.95. The van der Waals surface area contributed by atoms with E-state index in [0.717, 1.165) is 5.56 Å². The lowest BCUT2D eigenvalue weighted by Crippen LogP contribution is -1.77. The summed E-state index contributed by atoms with van der Waals surface area (Å²) in [6.07, 6.45) is 1.46. The molecule has 0 N–H and O–H groups in total. The normalized spacial score (nSPS) is 8.90. The molecule has 0 saturated heterocycles. The van der Waals surface area contributed by atoms with E-state index in [0.29, 0.717) is 10.8 Å². The third-order valence-electron chi connectivity index (χ3n) is 1.13. The second kappa shape index (κ2) is 2.68. The molecule has 1 aromatic rings. The van der Waals surface area contributed by atoms with E-state index < -0.39 is 0 Å². The second-order valence-electron chi connectivity index (χ2n) is 1.91. The van der Waals surface area contributed by atoms with E-state index in [1.54, 1.807) is 6.07 Å². The van der Waals surface area contributed by atoms with Crippen LogP contribution in [-0.2, 0) is 0 Å². The molecule has 0 fully saturated rings. The maximum Gasteiger partial charge on any atom is 0.205 e. The summed E-state index contributed by atoms with van der Waals surface area (Å²) >= 11 is 5.62. The monoisotopic (exact) mass is 152 g/mol. The molecule has 0 aliphatic heterocycles. The molecule has 0 atom stereocenters. The second-order valence-corrected chi connectivity index (χ2v) is 2.27. The molecule has 0 radical (unpaired) electrons. The van der Waals surface area contributed by atoms with Gasteiger partial charge in [-0.3, -0.25) is 4.98 Å². The van der Waals surface area contributed by atoms with E-state index in [2.05, 4.69) is 9.83 Å². The van der Waals surface area contributed by atoms with Gasteiger partial charge >= 0.3 is 0 Å². The number of hydrogen-bond donors (Lipinski definition) is 0. The van der Waals surface area contributed by atoms with Crippen molar-refractivity contribution in [1.29, 1.82) is 0 Å². The molecule has 10 heavy (non-hydrogen) atoms.